The summed E-state index contributed by atoms with van der Waals surface area (Å²) in [5.41, 5.74) is 17.1. The van der Waals surface area contributed by atoms with Gasteiger partial charge in [-0.05, 0) is 123 Å². The highest BCUT2D eigenvalue weighted by atomic mass is 15.1. The second-order valence-corrected chi connectivity index (χ2v) is 14.6. The minimum absolute atomic E-state index is 0.142. The molecule has 1 nitrogen and oxygen atoms in total. The van der Waals surface area contributed by atoms with Crippen LogP contribution in [0.4, 0.5) is 17.1 Å². The molecule has 0 aliphatic heterocycles. The lowest BCUT2D eigenvalue weighted by Crippen LogP contribution is -2.32. The lowest BCUT2D eigenvalue weighted by Gasteiger charge is -2.37. The van der Waals surface area contributed by atoms with Gasteiger partial charge in [0.05, 0.1) is 0 Å². The molecule has 0 N–H and O–H groups in total. The molecule has 3 unspecified atom stereocenters. The third-order valence-electron chi connectivity index (χ3n) is 12.0. The predicted octanol–water partition coefficient (Wildman–Crippen LogP) is 13.2. The molecule has 2 saturated carbocycles. The topological polar surface area (TPSA) is 3.24 Å². The van der Waals surface area contributed by atoms with Crippen molar-refractivity contribution in [1.82, 2.24) is 0 Å². The number of rotatable bonds is 6. The number of fused-ring (bicyclic) bond motifs is 8. The van der Waals surface area contributed by atoms with Gasteiger partial charge in [-0.1, -0.05) is 146 Å². The minimum atomic E-state index is 0.142. The van der Waals surface area contributed by atoms with E-state index >= 15 is 0 Å². The highest BCUT2D eigenvalue weighted by Crippen LogP contribution is 2.66. The van der Waals surface area contributed by atoms with E-state index in [1.54, 1.807) is 11.1 Å². The summed E-state index contributed by atoms with van der Waals surface area (Å²) in [6.45, 7) is 0. The van der Waals surface area contributed by atoms with Crippen LogP contribution in [0, 0.1) is 11.8 Å². The Bertz CT molecular complexity index is 2300. The van der Waals surface area contributed by atoms with Crippen LogP contribution in [0.25, 0.3) is 44.5 Å². The van der Waals surface area contributed by atoms with Gasteiger partial charge in [0, 0.05) is 22.5 Å². The molecular formula is C49H39N. The van der Waals surface area contributed by atoms with E-state index in [-0.39, 0.29) is 5.41 Å². The van der Waals surface area contributed by atoms with Gasteiger partial charge < -0.3 is 4.90 Å². The smallest absolute Gasteiger partial charge is 0.0465 e. The number of benzene rings is 7. The largest absolute Gasteiger partial charge is 0.310 e. The molecule has 3 aliphatic rings. The highest BCUT2D eigenvalue weighted by molar-refractivity contribution is 5.87. The summed E-state index contributed by atoms with van der Waals surface area (Å²) in [5, 5.41) is 0. The minimum Gasteiger partial charge on any atom is -0.310 e. The standard InChI is InChI=1S/C49H39N/c1-3-9-35(10-4-1)37-16-18-38(19-17-37)40-22-27-43(28-23-40)50(42-25-20-39(21-26-42)36-11-5-2-6-12-36)44-29-30-46-45-13-7-8-14-47(45)49(48(46)32-44)33-34-15-24-41(49)31-34/h1-14,16-23,25-30,32,34,41H,15,24,31,33H2. The van der Waals surface area contributed by atoms with Gasteiger partial charge in [0.25, 0.3) is 0 Å². The molecule has 240 valence electrons. The van der Waals surface area contributed by atoms with Gasteiger partial charge >= 0.3 is 0 Å². The SMILES string of the molecule is c1ccc(-c2ccc(-c3ccc(N(c4ccc(-c5ccccc5)cc4)c4ccc5c(c4)C4(CC6CCC4C6)c4ccccc4-5)cc3)cc2)cc1. The maximum atomic E-state index is 2.55. The van der Waals surface area contributed by atoms with E-state index in [9.17, 15) is 0 Å². The first-order valence-electron chi connectivity index (χ1n) is 18.2. The monoisotopic (exact) mass is 641 g/mol. The zero-order valence-corrected chi connectivity index (χ0v) is 28.2. The Hall–Kier alpha value is -5.66. The summed E-state index contributed by atoms with van der Waals surface area (Å²) in [6, 6.07) is 65.0. The van der Waals surface area contributed by atoms with Crippen molar-refractivity contribution >= 4 is 17.1 Å². The van der Waals surface area contributed by atoms with Crippen LogP contribution in [0.15, 0.2) is 176 Å². The molecule has 1 spiro atoms. The number of nitrogens with zero attached hydrogens (tertiary/aromatic N) is 1. The van der Waals surface area contributed by atoms with Gasteiger partial charge in [0.15, 0.2) is 0 Å². The molecule has 0 heterocycles. The summed E-state index contributed by atoms with van der Waals surface area (Å²) in [4.78, 5) is 2.46. The number of anilines is 3. The van der Waals surface area contributed by atoms with Crippen molar-refractivity contribution in [3.8, 4) is 44.5 Å². The average molecular weight is 642 g/mol. The third-order valence-corrected chi connectivity index (χ3v) is 12.0. The van der Waals surface area contributed by atoms with Gasteiger partial charge in [-0.25, -0.2) is 0 Å². The van der Waals surface area contributed by atoms with Gasteiger partial charge in [-0.15, -0.1) is 0 Å². The van der Waals surface area contributed by atoms with Crippen LogP contribution < -0.4 is 4.90 Å². The molecule has 3 aliphatic carbocycles. The number of hydrogen-bond donors (Lipinski definition) is 0. The summed E-state index contributed by atoms with van der Waals surface area (Å²) >= 11 is 0. The van der Waals surface area contributed by atoms with Crippen LogP contribution in [0.1, 0.15) is 36.8 Å². The van der Waals surface area contributed by atoms with Crippen LogP contribution in [-0.2, 0) is 5.41 Å². The van der Waals surface area contributed by atoms with Crippen molar-refractivity contribution in [1.29, 1.82) is 0 Å². The first-order valence-corrected chi connectivity index (χ1v) is 18.2. The second-order valence-electron chi connectivity index (χ2n) is 14.6. The Balaban J connectivity index is 1.06. The molecule has 0 radical (unpaired) electrons. The molecule has 50 heavy (non-hydrogen) atoms. The summed E-state index contributed by atoms with van der Waals surface area (Å²) in [7, 11) is 0. The fourth-order valence-corrected chi connectivity index (χ4v) is 9.69. The summed E-state index contributed by atoms with van der Waals surface area (Å²) < 4.78 is 0. The first-order chi connectivity index (χ1) is 24.7. The van der Waals surface area contributed by atoms with E-state index in [2.05, 4.69) is 181 Å². The predicted molar refractivity (Wildman–Crippen MR) is 209 cm³/mol. The molecule has 10 rings (SSSR count). The van der Waals surface area contributed by atoms with E-state index in [0.717, 1.165) is 11.8 Å². The lowest BCUT2D eigenvalue weighted by molar-refractivity contribution is 0.327. The van der Waals surface area contributed by atoms with Crippen molar-refractivity contribution in [2.45, 2.75) is 31.1 Å². The van der Waals surface area contributed by atoms with Crippen molar-refractivity contribution in [3.63, 3.8) is 0 Å². The van der Waals surface area contributed by atoms with Gasteiger partial charge in [-0.2, -0.15) is 0 Å². The van der Waals surface area contributed by atoms with E-state index in [1.807, 2.05) is 0 Å². The Labute approximate surface area is 295 Å². The van der Waals surface area contributed by atoms with E-state index in [0.29, 0.717) is 0 Å². The molecule has 2 bridgehead atoms. The molecule has 7 aromatic carbocycles. The fraction of sp³-hybridized carbons (Fsp3) is 0.143. The Morgan fingerprint density at radius 2 is 0.860 bits per heavy atom. The van der Waals surface area contributed by atoms with E-state index < -0.39 is 0 Å². The molecule has 0 amide bonds. The average Bonchev–Trinajstić information content (AvgIpc) is 3.89. The zero-order chi connectivity index (χ0) is 33.1. The van der Waals surface area contributed by atoms with Crippen molar-refractivity contribution in [2.24, 2.45) is 11.8 Å². The fourth-order valence-electron chi connectivity index (χ4n) is 9.69. The molecule has 3 atom stereocenters. The molecule has 0 aromatic heterocycles. The van der Waals surface area contributed by atoms with Gasteiger partial charge in [-0.3, -0.25) is 0 Å². The van der Waals surface area contributed by atoms with Gasteiger partial charge in [0.1, 0.15) is 0 Å². The van der Waals surface area contributed by atoms with E-state index in [1.165, 1.54) is 87.3 Å². The lowest BCUT2D eigenvalue weighted by atomic mass is 9.67. The van der Waals surface area contributed by atoms with Crippen LogP contribution in [0.5, 0.6) is 0 Å². The molecular weight excluding hydrogens is 603 g/mol. The van der Waals surface area contributed by atoms with Crippen molar-refractivity contribution in [2.75, 3.05) is 4.90 Å². The highest BCUT2D eigenvalue weighted by Gasteiger charge is 2.56. The first kappa shape index (κ1) is 29.3. The van der Waals surface area contributed by atoms with Crippen molar-refractivity contribution in [3.05, 3.63) is 187 Å². The third kappa shape index (κ3) is 4.68. The normalized spacial score (nSPS) is 19.8. The maximum Gasteiger partial charge on any atom is 0.0465 e. The second kappa shape index (κ2) is 11.7. The zero-order valence-electron chi connectivity index (χ0n) is 28.2. The quantitative estimate of drug-likeness (QED) is 0.175. The van der Waals surface area contributed by atoms with E-state index in [4.69, 9.17) is 0 Å². The van der Waals surface area contributed by atoms with Crippen molar-refractivity contribution < 1.29 is 0 Å². The Kier molecular flexibility index (Phi) is 6.88. The Morgan fingerprint density at radius 3 is 1.38 bits per heavy atom. The summed E-state index contributed by atoms with van der Waals surface area (Å²) in [6.07, 6.45) is 5.40. The van der Waals surface area contributed by atoms with Crippen LogP contribution in [0.3, 0.4) is 0 Å². The number of hydrogen-bond acceptors (Lipinski definition) is 1. The molecule has 1 heteroatoms. The van der Waals surface area contributed by atoms with Crippen LogP contribution in [-0.4, -0.2) is 0 Å². The molecule has 7 aromatic rings. The Morgan fingerprint density at radius 1 is 0.400 bits per heavy atom. The molecule has 2 fully saturated rings. The van der Waals surface area contributed by atoms with Crippen LogP contribution >= 0.6 is 0 Å². The summed E-state index contributed by atoms with van der Waals surface area (Å²) in [5.74, 6) is 1.58. The molecule has 0 saturated heterocycles. The maximum absolute atomic E-state index is 2.55. The van der Waals surface area contributed by atoms with Gasteiger partial charge in [0.2, 0.25) is 0 Å². The van der Waals surface area contributed by atoms with Crippen LogP contribution in [0.2, 0.25) is 0 Å².